The highest BCUT2D eigenvalue weighted by atomic mass is 79.9. The Morgan fingerprint density at radius 3 is 2.55 bits per heavy atom. The highest BCUT2D eigenvalue weighted by molar-refractivity contribution is 9.10. The third kappa shape index (κ3) is 7.14. The van der Waals surface area contributed by atoms with E-state index in [2.05, 4.69) is 41.3 Å². The molecule has 0 radical (unpaired) electrons. The number of carbonyl (C=O) groups is 1. The number of nitrogens with one attached hydrogen (secondary N) is 2. The number of carboxylic acids is 1. The van der Waals surface area contributed by atoms with Crippen LogP contribution in [0.2, 0.25) is 0 Å². The van der Waals surface area contributed by atoms with Gasteiger partial charge in [0.25, 0.3) is 0 Å². The van der Waals surface area contributed by atoms with Crippen LogP contribution in [0.1, 0.15) is 5.56 Å². The van der Waals surface area contributed by atoms with Crippen molar-refractivity contribution in [2.75, 3.05) is 17.2 Å². The summed E-state index contributed by atoms with van der Waals surface area (Å²) >= 11 is 3.39. The van der Waals surface area contributed by atoms with Crippen LogP contribution in [0.3, 0.4) is 0 Å². The number of anilines is 2. The second-order valence-electron chi connectivity index (χ2n) is 6.27. The molecule has 31 heavy (non-hydrogen) atoms. The van der Waals surface area contributed by atoms with E-state index in [0.29, 0.717) is 17.9 Å². The Hall–Kier alpha value is -3.34. The maximum Gasteiger partial charge on any atom is 0.573 e. The van der Waals surface area contributed by atoms with Gasteiger partial charge in [0.1, 0.15) is 18.1 Å². The Bertz CT molecular complexity index is 1080. The molecule has 0 saturated heterocycles. The fourth-order valence-electron chi connectivity index (χ4n) is 2.61. The predicted molar refractivity (Wildman–Crippen MR) is 112 cm³/mol. The average Bonchev–Trinajstić information content (AvgIpc) is 2.70. The molecule has 0 fully saturated rings. The van der Waals surface area contributed by atoms with Crippen molar-refractivity contribution in [1.29, 1.82) is 0 Å². The molecule has 1 heterocycles. The summed E-state index contributed by atoms with van der Waals surface area (Å²) in [4.78, 5) is 19.3. The lowest BCUT2D eigenvalue weighted by atomic mass is 10.1. The van der Waals surface area contributed by atoms with Crippen LogP contribution >= 0.6 is 15.9 Å². The van der Waals surface area contributed by atoms with Gasteiger partial charge in [-0.15, -0.1) is 13.2 Å². The zero-order valence-corrected chi connectivity index (χ0v) is 17.4. The molecule has 0 amide bonds. The molecule has 1 aromatic heterocycles. The summed E-state index contributed by atoms with van der Waals surface area (Å²) in [5.41, 5.74) is 1.58. The number of hydrogen-bond donors (Lipinski definition) is 3. The summed E-state index contributed by atoms with van der Waals surface area (Å²) in [6.45, 7) is -0.0166. The van der Waals surface area contributed by atoms with Crippen LogP contribution in [0.5, 0.6) is 5.75 Å². The first kappa shape index (κ1) is 22.3. The van der Waals surface area contributed by atoms with Gasteiger partial charge in [-0.1, -0.05) is 40.2 Å². The third-order valence-corrected chi connectivity index (χ3v) is 4.34. The number of nitrogens with zero attached hydrogens (tertiary/aromatic N) is 2. The smallest absolute Gasteiger partial charge is 0.480 e. The summed E-state index contributed by atoms with van der Waals surface area (Å²) in [6, 6.07) is 14.5. The molecule has 0 aliphatic carbocycles. The topological polar surface area (TPSA) is 96.4 Å². The number of hydrogen-bond acceptors (Lipinski definition) is 6. The maximum atomic E-state index is 12.5. The summed E-state index contributed by atoms with van der Waals surface area (Å²) in [5, 5.41) is 14.6. The molecular formula is C20H16BrF3N4O3. The summed E-state index contributed by atoms with van der Waals surface area (Å²) in [6.07, 6.45) is -4.82. The number of halogens is 4. The number of aliphatic carboxylic acids is 1. The molecule has 0 unspecified atom stereocenters. The first-order chi connectivity index (χ1) is 14.7. The Morgan fingerprint density at radius 2 is 1.84 bits per heavy atom. The van der Waals surface area contributed by atoms with Crippen molar-refractivity contribution in [1.82, 2.24) is 9.97 Å². The largest absolute Gasteiger partial charge is 0.573 e. The van der Waals surface area contributed by atoms with Crippen LogP contribution in [-0.2, 0) is 11.3 Å². The monoisotopic (exact) mass is 496 g/mol. The molecule has 0 aliphatic heterocycles. The quantitative estimate of drug-likeness (QED) is 0.407. The number of ether oxygens (including phenoxy) is 1. The first-order valence-electron chi connectivity index (χ1n) is 8.87. The maximum absolute atomic E-state index is 12.5. The van der Waals surface area contributed by atoms with Crippen molar-refractivity contribution >= 4 is 33.7 Å². The zero-order chi connectivity index (χ0) is 22.4. The molecule has 0 spiro atoms. The lowest BCUT2D eigenvalue weighted by Gasteiger charge is -2.13. The van der Waals surface area contributed by atoms with Crippen LogP contribution in [0.4, 0.5) is 24.9 Å². The number of aromatic nitrogens is 2. The van der Waals surface area contributed by atoms with Crippen molar-refractivity contribution in [3.8, 4) is 17.0 Å². The fraction of sp³-hybridized carbons (Fsp3) is 0.150. The molecule has 3 N–H and O–H groups in total. The minimum absolute atomic E-state index is 0.0128. The normalized spacial score (nSPS) is 11.1. The Balaban J connectivity index is 1.89. The molecule has 3 rings (SSSR count). The van der Waals surface area contributed by atoms with Gasteiger partial charge in [-0.25, -0.2) is 4.98 Å². The van der Waals surface area contributed by atoms with E-state index >= 15 is 0 Å². The van der Waals surface area contributed by atoms with E-state index in [-0.39, 0.29) is 11.6 Å². The average molecular weight is 497 g/mol. The number of alkyl halides is 3. The second-order valence-corrected chi connectivity index (χ2v) is 7.18. The first-order valence-corrected chi connectivity index (χ1v) is 9.66. The van der Waals surface area contributed by atoms with E-state index < -0.39 is 24.6 Å². The molecule has 3 aromatic rings. The SMILES string of the molecule is O=C(O)CNc1nc(NCc2cccc(Br)c2)cc(-c2cccc(OC(F)(F)F)c2)n1. The molecular weight excluding hydrogens is 481 g/mol. The van der Waals surface area contributed by atoms with Crippen LogP contribution in [0, 0.1) is 0 Å². The Labute approximate surface area is 183 Å². The van der Waals surface area contributed by atoms with Gasteiger partial charge in [0.15, 0.2) is 0 Å². The molecule has 162 valence electrons. The number of benzene rings is 2. The molecule has 7 nitrogen and oxygen atoms in total. The Kier molecular flexibility index (Phi) is 6.95. The van der Waals surface area contributed by atoms with Gasteiger partial charge in [0, 0.05) is 22.6 Å². The van der Waals surface area contributed by atoms with Gasteiger partial charge in [-0.3, -0.25) is 4.79 Å². The van der Waals surface area contributed by atoms with Crippen molar-refractivity contribution < 1.29 is 27.8 Å². The lowest BCUT2D eigenvalue weighted by Crippen LogP contribution is -2.17. The summed E-state index contributed by atoms with van der Waals surface area (Å²) in [5.74, 6) is -1.13. The van der Waals surface area contributed by atoms with E-state index in [1.807, 2.05) is 24.3 Å². The van der Waals surface area contributed by atoms with E-state index in [9.17, 15) is 18.0 Å². The van der Waals surface area contributed by atoms with Gasteiger partial charge >= 0.3 is 12.3 Å². The van der Waals surface area contributed by atoms with E-state index in [1.165, 1.54) is 18.2 Å². The van der Waals surface area contributed by atoms with E-state index in [4.69, 9.17) is 5.11 Å². The zero-order valence-electron chi connectivity index (χ0n) is 15.8. The molecule has 0 saturated carbocycles. The second kappa shape index (κ2) is 9.65. The Morgan fingerprint density at radius 1 is 1.06 bits per heavy atom. The number of carboxylic acid groups (broad SMARTS) is 1. The third-order valence-electron chi connectivity index (χ3n) is 3.85. The van der Waals surface area contributed by atoms with Crippen LogP contribution < -0.4 is 15.4 Å². The van der Waals surface area contributed by atoms with Gasteiger partial charge < -0.3 is 20.5 Å². The van der Waals surface area contributed by atoms with Crippen LogP contribution in [0.25, 0.3) is 11.3 Å². The van der Waals surface area contributed by atoms with Crippen molar-refractivity contribution in [3.63, 3.8) is 0 Å². The molecule has 0 atom stereocenters. The summed E-state index contributed by atoms with van der Waals surface area (Å²) in [7, 11) is 0. The molecule has 2 aromatic carbocycles. The lowest BCUT2D eigenvalue weighted by molar-refractivity contribution is -0.274. The highest BCUT2D eigenvalue weighted by Crippen LogP contribution is 2.28. The van der Waals surface area contributed by atoms with E-state index in [1.54, 1.807) is 12.1 Å². The van der Waals surface area contributed by atoms with Crippen molar-refractivity contribution in [3.05, 3.63) is 64.6 Å². The van der Waals surface area contributed by atoms with Crippen molar-refractivity contribution in [2.24, 2.45) is 0 Å². The fourth-order valence-corrected chi connectivity index (χ4v) is 3.06. The van der Waals surface area contributed by atoms with Gasteiger partial charge in [0.05, 0.1) is 5.69 Å². The van der Waals surface area contributed by atoms with Crippen LogP contribution in [-0.4, -0.2) is 34.0 Å². The van der Waals surface area contributed by atoms with Crippen LogP contribution in [0.15, 0.2) is 59.1 Å². The number of rotatable bonds is 8. The minimum atomic E-state index is -4.82. The van der Waals surface area contributed by atoms with E-state index in [0.717, 1.165) is 10.0 Å². The molecule has 0 aliphatic rings. The van der Waals surface area contributed by atoms with Crippen molar-refractivity contribution in [2.45, 2.75) is 12.9 Å². The standard InChI is InChI=1S/C20H16BrF3N4O3/c21-14-5-1-3-12(7-14)10-25-17-9-16(27-19(28-17)26-11-18(29)30)13-4-2-6-15(8-13)31-20(22,23)24/h1-9H,10-11H2,(H,29,30)(H2,25,26,27,28). The molecule has 0 bridgehead atoms. The highest BCUT2D eigenvalue weighted by Gasteiger charge is 2.31. The predicted octanol–water partition coefficient (Wildman–Crippen LogP) is 4.91. The van der Waals surface area contributed by atoms with Gasteiger partial charge in [-0.2, -0.15) is 4.98 Å². The summed E-state index contributed by atoms with van der Waals surface area (Å²) < 4.78 is 42.5. The van der Waals surface area contributed by atoms with Gasteiger partial charge in [-0.05, 0) is 29.8 Å². The minimum Gasteiger partial charge on any atom is -0.480 e. The molecule has 11 heteroatoms. The van der Waals surface area contributed by atoms with Gasteiger partial charge in [0.2, 0.25) is 5.95 Å².